The van der Waals surface area contributed by atoms with Gasteiger partial charge in [-0.25, -0.2) is 14.3 Å². The predicted molar refractivity (Wildman–Crippen MR) is 149 cm³/mol. The summed E-state index contributed by atoms with van der Waals surface area (Å²) in [6.07, 6.45) is 3.61. The molecule has 0 radical (unpaired) electrons. The minimum Gasteiger partial charge on any atom is -0.468 e. The number of aromatic nitrogens is 8. The van der Waals surface area contributed by atoms with Gasteiger partial charge in [-0.15, -0.1) is 10.2 Å². The molecule has 0 unspecified atom stereocenters. The number of unbranched alkanes of at least 4 members (excludes halogenated alkanes) is 2. The number of benzene rings is 2. The van der Waals surface area contributed by atoms with E-state index in [-0.39, 0.29) is 5.52 Å². The molecule has 0 saturated heterocycles. The first-order chi connectivity index (χ1) is 19.4. The first-order valence-electron chi connectivity index (χ1n) is 13.1. The summed E-state index contributed by atoms with van der Waals surface area (Å²) in [5, 5.41) is 14.4. The van der Waals surface area contributed by atoms with Crippen molar-refractivity contribution < 1.29 is 9.53 Å². The molecule has 1 N–H and O–H groups in total. The second-order valence-corrected chi connectivity index (χ2v) is 9.53. The van der Waals surface area contributed by atoms with Gasteiger partial charge in [0.1, 0.15) is 12.4 Å². The molecule has 5 aromatic rings. The van der Waals surface area contributed by atoms with Crippen LogP contribution in [0.5, 0.6) is 0 Å². The van der Waals surface area contributed by atoms with Crippen LogP contribution in [0.1, 0.15) is 37.6 Å². The number of hydrogen-bond donors (Lipinski definition) is 1. The molecule has 12 nitrogen and oxygen atoms in total. The van der Waals surface area contributed by atoms with E-state index in [1.165, 1.54) is 11.7 Å². The molecule has 2 aromatic carbocycles. The number of H-pyrrole nitrogens is 1. The van der Waals surface area contributed by atoms with Crippen molar-refractivity contribution in [2.75, 3.05) is 7.11 Å². The first kappa shape index (κ1) is 26.7. The van der Waals surface area contributed by atoms with Gasteiger partial charge in [-0.3, -0.25) is 14.2 Å². The molecule has 40 heavy (non-hydrogen) atoms. The average Bonchev–Trinajstić information content (AvgIpc) is 3.64. The van der Waals surface area contributed by atoms with Gasteiger partial charge in [-0.1, -0.05) is 68.3 Å². The third kappa shape index (κ3) is 5.07. The molecular formula is C28H30N8O4. The van der Waals surface area contributed by atoms with Crippen molar-refractivity contribution in [2.24, 2.45) is 7.05 Å². The molecule has 0 aliphatic rings. The highest BCUT2D eigenvalue weighted by Gasteiger charge is 2.22. The number of carbonyl (C=O) groups excluding carboxylic acids is 1. The molecule has 0 spiro atoms. The van der Waals surface area contributed by atoms with Gasteiger partial charge in [0.2, 0.25) is 5.82 Å². The maximum absolute atomic E-state index is 13.6. The number of ether oxygens (including phenoxy) is 1. The summed E-state index contributed by atoms with van der Waals surface area (Å²) < 4.78 is 8.79. The molecule has 0 bridgehead atoms. The predicted octanol–water partition coefficient (Wildman–Crippen LogP) is 2.70. The van der Waals surface area contributed by atoms with E-state index >= 15 is 0 Å². The number of rotatable bonds is 10. The largest absolute Gasteiger partial charge is 0.468 e. The Morgan fingerprint density at radius 1 is 1.00 bits per heavy atom. The smallest absolute Gasteiger partial charge is 0.333 e. The molecule has 12 heteroatoms. The van der Waals surface area contributed by atoms with Crippen LogP contribution in [0.15, 0.2) is 58.1 Å². The molecule has 3 aromatic heterocycles. The molecule has 3 heterocycles. The van der Waals surface area contributed by atoms with Crippen LogP contribution in [0.25, 0.3) is 33.7 Å². The normalized spacial score (nSPS) is 11.3. The van der Waals surface area contributed by atoms with Crippen molar-refractivity contribution in [2.45, 2.75) is 45.7 Å². The maximum Gasteiger partial charge on any atom is 0.333 e. The monoisotopic (exact) mass is 542 g/mol. The summed E-state index contributed by atoms with van der Waals surface area (Å²) in [4.78, 5) is 43.2. The third-order valence-electron chi connectivity index (χ3n) is 6.95. The molecule has 0 aliphatic heterocycles. The summed E-state index contributed by atoms with van der Waals surface area (Å²) in [5.74, 6) is 0.553. The van der Waals surface area contributed by atoms with E-state index in [0.717, 1.165) is 51.9 Å². The van der Waals surface area contributed by atoms with E-state index in [1.807, 2.05) is 53.1 Å². The Labute approximate surface area is 229 Å². The van der Waals surface area contributed by atoms with Crippen LogP contribution >= 0.6 is 0 Å². The van der Waals surface area contributed by atoms with E-state index in [1.54, 1.807) is 7.05 Å². The number of aryl methyl sites for hydroxylation is 2. The zero-order valence-electron chi connectivity index (χ0n) is 22.6. The number of tetrazole rings is 1. The van der Waals surface area contributed by atoms with Crippen LogP contribution < -0.4 is 11.2 Å². The highest BCUT2D eigenvalue weighted by Crippen LogP contribution is 2.30. The second-order valence-electron chi connectivity index (χ2n) is 9.53. The van der Waals surface area contributed by atoms with Crippen molar-refractivity contribution in [3.8, 4) is 22.5 Å². The average molecular weight is 543 g/mol. The topological polar surface area (TPSA) is 143 Å². The van der Waals surface area contributed by atoms with Crippen LogP contribution in [0.2, 0.25) is 0 Å². The van der Waals surface area contributed by atoms with Crippen molar-refractivity contribution in [1.82, 2.24) is 39.3 Å². The summed E-state index contributed by atoms with van der Waals surface area (Å²) >= 11 is 0. The quantitative estimate of drug-likeness (QED) is 0.210. The number of hydrogen-bond acceptors (Lipinski definition) is 8. The van der Waals surface area contributed by atoms with Gasteiger partial charge in [0.25, 0.3) is 5.56 Å². The standard InChI is InChI=1S/C28H30N8O4/c1-4-5-6-11-22-29-26-24(27(38)36(17-23(37)40-3)28(39)34(26)2)35(22)16-18-12-14-19(15-13-18)20-9-7-8-10-21(20)25-30-32-33-31-25/h7-10,12-15H,4-6,11,16-17H2,1-3H3,(H,30,31,32,33). The Morgan fingerprint density at radius 2 is 1.75 bits per heavy atom. The lowest BCUT2D eigenvalue weighted by Gasteiger charge is -2.12. The highest BCUT2D eigenvalue weighted by molar-refractivity contribution is 5.80. The molecule has 206 valence electrons. The molecular weight excluding hydrogens is 512 g/mol. The lowest BCUT2D eigenvalue weighted by atomic mass is 9.98. The van der Waals surface area contributed by atoms with Crippen LogP contribution in [0.4, 0.5) is 0 Å². The van der Waals surface area contributed by atoms with Gasteiger partial charge < -0.3 is 9.30 Å². The Kier molecular flexibility index (Phi) is 7.67. The van der Waals surface area contributed by atoms with Gasteiger partial charge in [-0.2, -0.15) is 5.21 Å². The van der Waals surface area contributed by atoms with Crippen LogP contribution in [-0.2, 0) is 36.1 Å². The van der Waals surface area contributed by atoms with Gasteiger partial charge in [0.05, 0.1) is 7.11 Å². The van der Waals surface area contributed by atoms with Gasteiger partial charge in [0.15, 0.2) is 11.2 Å². The number of aromatic amines is 1. The first-order valence-corrected chi connectivity index (χ1v) is 13.1. The summed E-state index contributed by atoms with van der Waals surface area (Å²) in [7, 11) is 2.78. The van der Waals surface area contributed by atoms with Crippen molar-refractivity contribution in [3.05, 3.63) is 80.8 Å². The molecule has 0 atom stereocenters. The molecule has 0 fully saturated rings. The van der Waals surface area contributed by atoms with Gasteiger partial charge in [-0.05, 0) is 28.3 Å². The number of nitrogens with zero attached hydrogens (tertiary/aromatic N) is 7. The van der Waals surface area contributed by atoms with E-state index in [9.17, 15) is 14.4 Å². The Balaban J connectivity index is 1.57. The zero-order valence-corrected chi connectivity index (χ0v) is 22.6. The van der Waals surface area contributed by atoms with Crippen LogP contribution in [0.3, 0.4) is 0 Å². The Morgan fingerprint density at radius 3 is 2.42 bits per heavy atom. The minimum absolute atomic E-state index is 0.282. The fourth-order valence-corrected chi connectivity index (χ4v) is 4.82. The van der Waals surface area contributed by atoms with Crippen molar-refractivity contribution in [3.63, 3.8) is 0 Å². The maximum atomic E-state index is 13.6. The zero-order chi connectivity index (χ0) is 28.2. The highest BCUT2D eigenvalue weighted by atomic mass is 16.5. The number of fused-ring (bicyclic) bond motifs is 1. The third-order valence-corrected chi connectivity index (χ3v) is 6.95. The molecule has 5 rings (SSSR count). The number of imidazole rings is 1. The number of nitrogens with one attached hydrogen (secondary N) is 1. The molecule has 0 aliphatic carbocycles. The SMILES string of the molecule is CCCCCc1nc2c(c(=O)n(CC(=O)OC)c(=O)n2C)n1Cc1ccc(-c2ccccc2-c2nn[nH]n2)cc1. The molecule has 0 saturated carbocycles. The number of esters is 1. The number of methoxy groups -OCH3 is 1. The minimum atomic E-state index is -0.676. The summed E-state index contributed by atoms with van der Waals surface area (Å²) in [6, 6.07) is 15.8. The van der Waals surface area contributed by atoms with E-state index in [0.29, 0.717) is 24.4 Å². The lowest BCUT2D eigenvalue weighted by Crippen LogP contribution is -2.41. The van der Waals surface area contributed by atoms with Crippen LogP contribution in [-0.4, -0.2) is 52.4 Å². The fourth-order valence-electron chi connectivity index (χ4n) is 4.82. The second kappa shape index (κ2) is 11.5. The Hall–Kier alpha value is -4.87. The van der Waals surface area contributed by atoms with Gasteiger partial charge >= 0.3 is 11.7 Å². The summed E-state index contributed by atoms with van der Waals surface area (Å²) in [5.41, 5.74) is 3.15. The number of carbonyl (C=O) groups is 1. The Bertz CT molecular complexity index is 1770. The summed E-state index contributed by atoms with van der Waals surface area (Å²) in [6.45, 7) is 2.02. The van der Waals surface area contributed by atoms with Crippen molar-refractivity contribution >= 4 is 17.1 Å². The van der Waals surface area contributed by atoms with Gasteiger partial charge in [0, 0.05) is 25.6 Å². The van der Waals surface area contributed by atoms with E-state index < -0.39 is 23.8 Å². The van der Waals surface area contributed by atoms with E-state index in [2.05, 4.69) is 27.5 Å². The van der Waals surface area contributed by atoms with Crippen LogP contribution in [0, 0.1) is 0 Å². The van der Waals surface area contributed by atoms with E-state index in [4.69, 9.17) is 9.72 Å². The molecule has 0 amide bonds. The van der Waals surface area contributed by atoms with Crippen molar-refractivity contribution in [1.29, 1.82) is 0 Å². The lowest BCUT2D eigenvalue weighted by molar-refractivity contribution is -0.141. The fraction of sp³-hybridized carbons (Fsp3) is 0.321.